The van der Waals surface area contributed by atoms with Gasteiger partial charge in [-0.15, -0.1) is 0 Å². The molecule has 2 rings (SSSR count). The number of hydrogen-bond donors (Lipinski definition) is 1. The number of hydrogen-bond acceptors (Lipinski definition) is 4. The number of likely N-dealkylation sites (N-methyl/N-ethyl adjacent to an activating group) is 2. The third-order valence-corrected chi connectivity index (χ3v) is 4.47. The van der Waals surface area contributed by atoms with Crippen LogP contribution in [0.1, 0.15) is 32.1 Å². The molecule has 0 aromatic heterocycles. The molecule has 0 radical (unpaired) electrons. The van der Waals surface area contributed by atoms with Gasteiger partial charge in [-0.05, 0) is 12.8 Å². The molecule has 120 valence electrons. The monoisotopic (exact) mass is 297 g/mol. The second-order valence-corrected chi connectivity index (χ2v) is 6.05. The SMILES string of the molecule is CN(CC(=O)N(C)C1CCCCC1)C(=O)C1CNCCO1. The maximum Gasteiger partial charge on any atom is 0.253 e. The second-order valence-electron chi connectivity index (χ2n) is 6.05. The zero-order chi connectivity index (χ0) is 15.2. The summed E-state index contributed by atoms with van der Waals surface area (Å²) >= 11 is 0. The number of rotatable bonds is 4. The summed E-state index contributed by atoms with van der Waals surface area (Å²) in [6.07, 6.45) is 5.35. The molecule has 0 aromatic rings. The van der Waals surface area contributed by atoms with Gasteiger partial charge < -0.3 is 19.9 Å². The van der Waals surface area contributed by atoms with Crippen LogP contribution in [-0.2, 0) is 14.3 Å². The summed E-state index contributed by atoms with van der Waals surface area (Å²) in [5.41, 5.74) is 0. The highest BCUT2D eigenvalue weighted by Gasteiger charge is 2.28. The highest BCUT2D eigenvalue weighted by Crippen LogP contribution is 2.21. The van der Waals surface area contributed by atoms with E-state index in [1.807, 2.05) is 11.9 Å². The molecule has 2 amide bonds. The predicted octanol–water partition coefficient (Wildman–Crippen LogP) is 0.224. The minimum atomic E-state index is -0.462. The van der Waals surface area contributed by atoms with Gasteiger partial charge in [0.05, 0.1) is 13.2 Å². The fourth-order valence-electron chi connectivity index (χ4n) is 3.03. The fraction of sp³-hybridized carbons (Fsp3) is 0.867. The van der Waals surface area contributed by atoms with E-state index in [0.29, 0.717) is 19.2 Å². The van der Waals surface area contributed by atoms with Gasteiger partial charge in [0.2, 0.25) is 5.91 Å². The third kappa shape index (κ3) is 4.41. The highest BCUT2D eigenvalue weighted by molar-refractivity contribution is 5.87. The molecule has 0 aromatic carbocycles. The Morgan fingerprint density at radius 1 is 1.19 bits per heavy atom. The lowest BCUT2D eigenvalue weighted by molar-refractivity contribution is -0.148. The summed E-state index contributed by atoms with van der Waals surface area (Å²) in [5, 5.41) is 3.13. The van der Waals surface area contributed by atoms with Gasteiger partial charge in [-0.2, -0.15) is 0 Å². The minimum Gasteiger partial charge on any atom is -0.366 e. The first-order valence-electron chi connectivity index (χ1n) is 7.92. The van der Waals surface area contributed by atoms with Crippen molar-refractivity contribution in [2.24, 2.45) is 0 Å². The van der Waals surface area contributed by atoms with Crippen LogP contribution in [0.4, 0.5) is 0 Å². The molecular formula is C15H27N3O3. The maximum absolute atomic E-state index is 12.3. The Balaban J connectivity index is 1.81. The van der Waals surface area contributed by atoms with Crippen molar-refractivity contribution in [3.05, 3.63) is 0 Å². The van der Waals surface area contributed by atoms with Crippen LogP contribution < -0.4 is 5.32 Å². The van der Waals surface area contributed by atoms with Gasteiger partial charge in [0.1, 0.15) is 6.10 Å². The molecule has 1 atom stereocenters. The van der Waals surface area contributed by atoms with Gasteiger partial charge in [-0.3, -0.25) is 9.59 Å². The van der Waals surface area contributed by atoms with Crippen LogP contribution in [0.2, 0.25) is 0 Å². The number of amides is 2. The molecule has 1 saturated carbocycles. The van der Waals surface area contributed by atoms with Gasteiger partial charge in [-0.25, -0.2) is 0 Å². The van der Waals surface area contributed by atoms with Gasteiger partial charge in [0.25, 0.3) is 5.91 Å². The number of carbonyl (C=O) groups excluding carboxylic acids is 2. The van der Waals surface area contributed by atoms with Gasteiger partial charge >= 0.3 is 0 Å². The first kappa shape index (κ1) is 16.2. The number of nitrogens with one attached hydrogen (secondary N) is 1. The third-order valence-electron chi connectivity index (χ3n) is 4.47. The number of ether oxygens (including phenoxy) is 1. The van der Waals surface area contributed by atoms with Crippen LogP contribution >= 0.6 is 0 Å². The topological polar surface area (TPSA) is 61.9 Å². The summed E-state index contributed by atoms with van der Waals surface area (Å²) in [6, 6.07) is 0.336. The first-order valence-corrected chi connectivity index (χ1v) is 7.92. The van der Waals surface area contributed by atoms with Crippen molar-refractivity contribution in [3.8, 4) is 0 Å². The highest BCUT2D eigenvalue weighted by atomic mass is 16.5. The number of carbonyl (C=O) groups is 2. The summed E-state index contributed by atoms with van der Waals surface area (Å²) in [4.78, 5) is 27.8. The van der Waals surface area contributed by atoms with Crippen LogP contribution in [0.5, 0.6) is 0 Å². The minimum absolute atomic E-state index is 0.0153. The van der Waals surface area contributed by atoms with Crippen molar-refractivity contribution in [3.63, 3.8) is 0 Å². The average molecular weight is 297 g/mol. The van der Waals surface area contributed by atoms with E-state index in [1.165, 1.54) is 24.2 Å². The molecule has 1 unspecified atom stereocenters. The van der Waals surface area contributed by atoms with Crippen molar-refractivity contribution >= 4 is 11.8 Å². The van der Waals surface area contributed by atoms with Gasteiger partial charge in [0.15, 0.2) is 0 Å². The Bertz CT molecular complexity index is 363. The number of morpholine rings is 1. The molecule has 2 fully saturated rings. The van der Waals surface area contributed by atoms with Gasteiger partial charge in [0, 0.05) is 33.2 Å². The van der Waals surface area contributed by atoms with Crippen molar-refractivity contribution in [1.29, 1.82) is 0 Å². The molecule has 2 aliphatic rings. The molecule has 0 bridgehead atoms. The van der Waals surface area contributed by atoms with Crippen molar-refractivity contribution < 1.29 is 14.3 Å². The van der Waals surface area contributed by atoms with E-state index in [1.54, 1.807) is 7.05 Å². The molecule has 1 aliphatic carbocycles. The van der Waals surface area contributed by atoms with Crippen molar-refractivity contribution in [2.75, 3.05) is 40.3 Å². The van der Waals surface area contributed by atoms with Gasteiger partial charge in [-0.1, -0.05) is 19.3 Å². The van der Waals surface area contributed by atoms with Crippen LogP contribution in [-0.4, -0.2) is 74.1 Å². The first-order chi connectivity index (χ1) is 10.1. The van der Waals surface area contributed by atoms with Crippen LogP contribution in [0, 0.1) is 0 Å². The molecule has 0 spiro atoms. The molecule has 6 nitrogen and oxygen atoms in total. The second kappa shape index (κ2) is 7.75. The molecule has 6 heteroatoms. The summed E-state index contributed by atoms with van der Waals surface area (Å²) in [7, 11) is 3.53. The smallest absolute Gasteiger partial charge is 0.253 e. The van der Waals surface area contributed by atoms with Crippen molar-refractivity contribution in [2.45, 2.75) is 44.2 Å². The molecule has 1 aliphatic heterocycles. The largest absolute Gasteiger partial charge is 0.366 e. The number of nitrogens with zero attached hydrogens (tertiary/aromatic N) is 2. The Hall–Kier alpha value is -1.14. The van der Waals surface area contributed by atoms with E-state index in [-0.39, 0.29) is 18.4 Å². The van der Waals surface area contributed by atoms with Crippen LogP contribution in [0.25, 0.3) is 0 Å². The van der Waals surface area contributed by atoms with E-state index >= 15 is 0 Å². The molecule has 1 N–H and O–H groups in total. The lowest BCUT2D eigenvalue weighted by Gasteiger charge is -2.33. The normalized spacial score (nSPS) is 23.6. The average Bonchev–Trinajstić information content (AvgIpc) is 2.55. The standard InChI is InChI=1S/C15H27N3O3/c1-17(15(20)13-10-16-8-9-21-13)11-14(19)18(2)12-6-4-3-5-7-12/h12-13,16H,3-11H2,1-2H3. The van der Waals surface area contributed by atoms with E-state index < -0.39 is 6.10 Å². The summed E-state index contributed by atoms with van der Waals surface area (Å²) < 4.78 is 5.44. The fourth-order valence-corrected chi connectivity index (χ4v) is 3.03. The van der Waals surface area contributed by atoms with Crippen LogP contribution in [0.15, 0.2) is 0 Å². The molecular weight excluding hydrogens is 270 g/mol. The Labute approximate surface area is 126 Å². The predicted molar refractivity (Wildman–Crippen MR) is 79.9 cm³/mol. The van der Waals surface area contributed by atoms with E-state index in [9.17, 15) is 9.59 Å². The lowest BCUT2D eigenvalue weighted by atomic mass is 9.94. The quantitative estimate of drug-likeness (QED) is 0.806. The van der Waals surface area contributed by atoms with E-state index in [0.717, 1.165) is 19.4 Å². The Morgan fingerprint density at radius 2 is 1.90 bits per heavy atom. The Kier molecular flexibility index (Phi) is 5.99. The molecule has 1 saturated heterocycles. The summed E-state index contributed by atoms with van der Waals surface area (Å²) in [6.45, 7) is 1.97. The van der Waals surface area contributed by atoms with E-state index in [4.69, 9.17) is 4.74 Å². The van der Waals surface area contributed by atoms with E-state index in [2.05, 4.69) is 5.32 Å². The Morgan fingerprint density at radius 3 is 2.52 bits per heavy atom. The zero-order valence-electron chi connectivity index (χ0n) is 13.1. The lowest BCUT2D eigenvalue weighted by Crippen LogP contribution is -2.51. The van der Waals surface area contributed by atoms with Crippen LogP contribution in [0.3, 0.4) is 0 Å². The maximum atomic E-state index is 12.3. The van der Waals surface area contributed by atoms with Crippen molar-refractivity contribution in [1.82, 2.24) is 15.1 Å². The molecule has 1 heterocycles. The molecule has 21 heavy (non-hydrogen) atoms. The zero-order valence-corrected chi connectivity index (χ0v) is 13.1. The summed E-state index contributed by atoms with van der Waals surface area (Å²) in [5.74, 6) is -0.103.